The van der Waals surface area contributed by atoms with Crippen molar-refractivity contribution in [2.75, 3.05) is 26.2 Å². The predicted octanol–water partition coefficient (Wildman–Crippen LogP) is 1.79. The van der Waals surface area contributed by atoms with Gasteiger partial charge < -0.3 is 19.3 Å². The molecule has 2 aliphatic heterocycles. The SMILES string of the molecule is COC(=O)[C@]1(C)N[C@@H](c2cc(OC)c(O)c(OC)c2)C2C(=O)N(c3ccccc3)C(=O)C21. The number of esters is 1. The molecule has 0 radical (unpaired) electrons. The second-order valence-electron chi connectivity index (χ2n) is 7.94. The Bertz CT molecular complexity index is 1060. The summed E-state index contributed by atoms with van der Waals surface area (Å²) in [6, 6.07) is 11.0. The second-order valence-corrected chi connectivity index (χ2v) is 7.94. The summed E-state index contributed by atoms with van der Waals surface area (Å²) in [5, 5.41) is 13.4. The van der Waals surface area contributed by atoms with Crippen LogP contribution in [0.25, 0.3) is 0 Å². The number of imide groups is 1. The van der Waals surface area contributed by atoms with Crippen LogP contribution in [0, 0.1) is 11.8 Å². The highest BCUT2D eigenvalue weighted by Crippen LogP contribution is 2.51. The maximum atomic E-state index is 13.6. The molecule has 2 aliphatic rings. The summed E-state index contributed by atoms with van der Waals surface area (Å²) in [7, 11) is 4.02. The van der Waals surface area contributed by atoms with Crippen LogP contribution in [0.2, 0.25) is 0 Å². The van der Waals surface area contributed by atoms with Crippen LogP contribution in [0.15, 0.2) is 42.5 Å². The topological polar surface area (TPSA) is 114 Å². The monoisotopic (exact) mass is 440 g/mol. The maximum Gasteiger partial charge on any atom is 0.326 e. The average Bonchev–Trinajstić information content (AvgIpc) is 3.27. The summed E-state index contributed by atoms with van der Waals surface area (Å²) in [6.45, 7) is 1.56. The standard InChI is InChI=1S/C23H24N2O7/c1-23(22(29)32-4)17-16(20(27)25(21(17)28)13-8-6-5-7-9-13)18(24-23)12-10-14(30-2)19(26)15(11-12)31-3/h5-11,16-18,24,26H,1-4H3/t16?,17?,18-,23+/m0/s1. The number of amides is 2. The largest absolute Gasteiger partial charge is 0.502 e. The molecule has 2 aromatic carbocycles. The van der Waals surface area contributed by atoms with Gasteiger partial charge in [-0.25, -0.2) is 4.90 Å². The molecule has 2 fully saturated rings. The minimum atomic E-state index is -1.45. The summed E-state index contributed by atoms with van der Waals surface area (Å²) in [6.07, 6.45) is 0. The fraction of sp³-hybridized carbons (Fsp3) is 0.348. The minimum Gasteiger partial charge on any atom is -0.502 e. The van der Waals surface area contributed by atoms with Crippen molar-refractivity contribution >= 4 is 23.5 Å². The van der Waals surface area contributed by atoms with Gasteiger partial charge >= 0.3 is 5.97 Å². The first kappa shape index (κ1) is 21.6. The number of para-hydroxylation sites is 1. The molecule has 9 heteroatoms. The Morgan fingerprint density at radius 2 is 1.62 bits per heavy atom. The molecule has 2 N–H and O–H groups in total. The number of anilines is 1. The van der Waals surface area contributed by atoms with Crippen molar-refractivity contribution < 1.29 is 33.7 Å². The lowest BCUT2D eigenvalue weighted by atomic mass is 9.80. The van der Waals surface area contributed by atoms with Gasteiger partial charge in [0, 0.05) is 6.04 Å². The van der Waals surface area contributed by atoms with Gasteiger partial charge in [-0.15, -0.1) is 0 Å². The minimum absolute atomic E-state index is 0.140. The summed E-state index contributed by atoms with van der Waals surface area (Å²) >= 11 is 0. The van der Waals surface area contributed by atoms with Gasteiger partial charge in [-0.05, 0) is 36.8 Å². The number of hydrogen-bond acceptors (Lipinski definition) is 8. The molecule has 9 nitrogen and oxygen atoms in total. The van der Waals surface area contributed by atoms with E-state index < -0.39 is 41.2 Å². The molecule has 2 saturated heterocycles. The van der Waals surface area contributed by atoms with Gasteiger partial charge in [-0.3, -0.25) is 19.7 Å². The number of fused-ring (bicyclic) bond motifs is 1. The van der Waals surface area contributed by atoms with Gasteiger partial charge in [0.05, 0.1) is 38.9 Å². The zero-order valence-corrected chi connectivity index (χ0v) is 18.1. The van der Waals surface area contributed by atoms with Crippen LogP contribution in [0.5, 0.6) is 17.2 Å². The van der Waals surface area contributed by atoms with Crippen LogP contribution in [0.1, 0.15) is 18.5 Å². The van der Waals surface area contributed by atoms with Crippen molar-refractivity contribution in [1.29, 1.82) is 0 Å². The fourth-order valence-electron chi connectivity index (χ4n) is 4.75. The van der Waals surface area contributed by atoms with E-state index in [2.05, 4.69) is 5.32 Å². The van der Waals surface area contributed by atoms with Gasteiger partial charge in [0.2, 0.25) is 17.6 Å². The van der Waals surface area contributed by atoms with Crippen molar-refractivity contribution in [2.24, 2.45) is 11.8 Å². The first-order valence-corrected chi connectivity index (χ1v) is 10.0. The van der Waals surface area contributed by atoms with E-state index in [4.69, 9.17) is 14.2 Å². The van der Waals surface area contributed by atoms with Crippen LogP contribution >= 0.6 is 0 Å². The number of nitrogens with zero attached hydrogens (tertiary/aromatic N) is 1. The third-order valence-electron chi connectivity index (χ3n) is 6.27. The molecule has 2 aromatic rings. The quantitative estimate of drug-likeness (QED) is 0.534. The number of ether oxygens (including phenoxy) is 3. The molecule has 2 amide bonds. The van der Waals surface area contributed by atoms with Gasteiger partial charge in [-0.1, -0.05) is 18.2 Å². The third-order valence-corrected chi connectivity index (χ3v) is 6.27. The van der Waals surface area contributed by atoms with Crippen molar-refractivity contribution in [3.63, 3.8) is 0 Å². The van der Waals surface area contributed by atoms with Gasteiger partial charge in [0.1, 0.15) is 5.54 Å². The summed E-state index contributed by atoms with van der Waals surface area (Å²) in [5.74, 6) is -3.34. The number of carbonyl (C=O) groups is 3. The second kappa shape index (κ2) is 7.83. The zero-order valence-electron chi connectivity index (χ0n) is 18.1. The van der Waals surface area contributed by atoms with Crippen LogP contribution in [-0.2, 0) is 19.1 Å². The Morgan fingerprint density at radius 1 is 1.03 bits per heavy atom. The van der Waals surface area contributed by atoms with Gasteiger partial charge in [0.15, 0.2) is 11.5 Å². The predicted molar refractivity (Wildman–Crippen MR) is 113 cm³/mol. The maximum absolute atomic E-state index is 13.6. The first-order chi connectivity index (χ1) is 15.3. The number of carbonyl (C=O) groups excluding carboxylic acids is 3. The van der Waals surface area contributed by atoms with Crippen molar-refractivity contribution in [3.8, 4) is 17.2 Å². The average molecular weight is 440 g/mol. The molecule has 0 aromatic heterocycles. The molecular weight excluding hydrogens is 416 g/mol. The van der Waals surface area contributed by atoms with Crippen LogP contribution in [0.4, 0.5) is 5.69 Å². The van der Waals surface area contributed by atoms with Crippen LogP contribution in [0.3, 0.4) is 0 Å². The lowest BCUT2D eigenvalue weighted by Gasteiger charge is -2.28. The molecule has 0 bridgehead atoms. The van der Waals surface area contributed by atoms with E-state index in [1.807, 2.05) is 0 Å². The molecule has 168 valence electrons. The molecule has 0 aliphatic carbocycles. The summed E-state index contributed by atoms with van der Waals surface area (Å²) in [4.78, 5) is 41.0. The molecule has 32 heavy (non-hydrogen) atoms. The number of rotatable bonds is 5. The fourth-order valence-corrected chi connectivity index (χ4v) is 4.75. The highest BCUT2D eigenvalue weighted by molar-refractivity contribution is 6.24. The molecule has 2 heterocycles. The Balaban J connectivity index is 1.87. The van der Waals surface area contributed by atoms with E-state index in [9.17, 15) is 19.5 Å². The molecule has 4 atom stereocenters. The number of phenolic OH excluding ortho intramolecular Hbond substituents is 1. The van der Waals surface area contributed by atoms with E-state index in [0.29, 0.717) is 11.3 Å². The first-order valence-electron chi connectivity index (χ1n) is 10.0. The van der Waals surface area contributed by atoms with Crippen molar-refractivity contribution in [2.45, 2.75) is 18.5 Å². The smallest absolute Gasteiger partial charge is 0.326 e. The zero-order chi connectivity index (χ0) is 23.2. The molecule has 0 saturated carbocycles. The number of benzene rings is 2. The van der Waals surface area contributed by atoms with E-state index >= 15 is 0 Å². The van der Waals surface area contributed by atoms with E-state index in [-0.39, 0.29) is 17.2 Å². The molecule has 0 spiro atoms. The van der Waals surface area contributed by atoms with E-state index in [1.54, 1.807) is 49.4 Å². The number of hydrogen-bond donors (Lipinski definition) is 2. The van der Waals surface area contributed by atoms with E-state index in [1.165, 1.54) is 21.3 Å². The number of methoxy groups -OCH3 is 3. The molecular formula is C23H24N2O7. The Kier molecular flexibility index (Phi) is 5.29. The third kappa shape index (κ3) is 3.00. The van der Waals surface area contributed by atoms with Crippen molar-refractivity contribution in [3.05, 3.63) is 48.0 Å². The number of phenols is 1. The van der Waals surface area contributed by atoms with E-state index in [0.717, 1.165) is 4.90 Å². The van der Waals surface area contributed by atoms with Crippen LogP contribution < -0.4 is 19.7 Å². The van der Waals surface area contributed by atoms with Gasteiger partial charge in [-0.2, -0.15) is 0 Å². The number of nitrogens with one attached hydrogen (secondary N) is 1. The lowest BCUT2D eigenvalue weighted by molar-refractivity contribution is -0.151. The van der Waals surface area contributed by atoms with Gasteiger partial charge in [0.25, 0.3) is 0 Å². The Labute approximate surface area is 184 Å². The summed E-state index contributed by atoms with van der Waals surface area (Å²) < 4.78 is 15.5. The van der Waals surface area contributed by atoms with Crippen molar-refractivity contribution in [1.82, 2.24) is 5.32 Å². The summed E-state index contributed by atoms with van der Waals surface area (Å²) in [5.41, 5.74) is -0.488. The molecule has 4 rings (SSSR count). The highest BCUT2D eigenvalue weighted by Gasteiger charge is 2.67. The Hall–Kier alpha value is -3.59. The van der Waals surface area contributed by atoms with Crippen LogP contribution in [-0.4, -0.2) is 49.8 Å². The Morgan fingerprint density at radius 3 is 2.16 bits per heavy atom. The normalized spacial score (nSPS) is 26.8. The lowest BCUT2D eigenvalue weighted by Crippen LogP contribution is -2.54. The number of aromatic hydroxyl groups is 1. The highest BCUT2D eigenvalue weighted by atomic mass is 16.5. The molecule has 2 unspecified atom stereocenters.